The Balaban J connectivity index is 1.61. The SMILES string of the molecule is CC1=NN(c2ccc(C)cc2)C(=O)/C1=N\Nc1ccc2ccccc2c1O. The van der Waals surface area contributed by atoms with Gasteiger partial charge in [0.15, 0.2) is 5.71 Å². The molecule has 134 valence electrons. The van der Waals surface area contributed by atoms with E-state index in [1.807, 2.05) is 61.5 Å². The highest BCUT2D eigenvalue weighted by Crippen LogP contribution is 2.32. The number of hydrogen-bond donors (Lipinski definition) is 2. The number of aromatic hydroxyl groups is 1. The Morgan fingerprint density at radius 2 is 1.74 bits per heavy atom. The van der Waals surface area contributed by atoms with Gasteiger partial charge in [0.1, 0.15) is 5.75 Å². The highest BCUT2D eigenvalue weighted by Gasteiger charge is 2.30. The second-order valence-electron chi connectivity index (χ2n) is 6.39. The Hall–Kier alpha value is -3.67. The average Bonchev–Trinajstić information content (AvgIpc) is 2.96. The molecule has 0 fully saturated rings. The topological polar surface area (TPSA) is 77.3 Å². The maximum Gasteiger partial charge on any atom is 0.301 e. The summed E-state index contributed by atoms with van der Waals surface area (Å²) in [6.07, 6.45) is 0. The van der Waals surface area contributed by atoms with Crippen LogP contribution in [0.2, 0.25) is 0 Å². The molecule has 1 aliphatic heterocycles. The zero-order chi connectivity index (χ0) is 19.0. The quantitative estimate of drug-likeness (QED) is 0.548. The van der Waals surface area contributed by atoms with Gasteiger partial charge in [-0.1, -0.05) is 48.0 Å². The molecule has 1 amide bonds. The first-order chi connectivity index (χ1) is 13.0. The first-order valence-corrected chi connectivity index (χ1v) is 8.56. The van der Waals surface area contributed by atoms with Gasteiger partial charge in [-0.3, -0.25) is 10.2 Å². The molecule has 0 bridgehead atoms. The van der Waals surface area contributed by atoms with E-state index >= 15 is 0 Å². The summed E-state index contributed by atoms with van der Waals surface area (Å²) in [5.74, 6) is -0.225. The van der Waals surface area contributed by atoms with Crippen molar-refractivity contribution in [1.29, 1.82) is 0 Å². The van der Waals surface area contributed by atoms with Crippen LogP contribution in [0.15, 0.2) is 70.9 Å². The Kier molecular flexibility index (Phi) is 4.08. The number of nitrogens with one attached hydrogen (secondary N) is 1. The third-order valence-electron chi connectivity index (χ3n) is 4.45. The lowest BCUT2D eigenvalue weighted by molar-refractivity contribution is -0.112. The molecular weight excluding hydrogens is 340 g/mol. The van der Waals surface area contributed by atoms with E-state index in [1.165, 1.54) is 5.01 Å². The predicted molar refractivity (Wildman–Crippen MR) is 108 cm³/mol. The van der Waals surface area contributed by atoms with Crippen LogP contribution in [0, 0.1) is 6.92 Å². The standard InChI is InChI=1S/C21H18N4O2/c1-13-7-10-16(11-8-13)25-21(27)19(14(2)24-25)23-22-18-12-9-15-5-3-4-6-17(15)20(18)26/h3-12,22,26H,1-2H3/b23-19-. The molecule has 0 unspecified atom stereocenters. The minimum Gasteiger partial charge on any atom is -0.505 e. The number of rotatable bonds is 3. The first-order valence-electron chi connectivity index (χ1n) is 8.56. The molecular formula is C21H18N4O2. The smallest absolute Gasteiger partial charge is 0.301 e. The van der Waals surface area contributed by atoms with Gasteiger partial charge in [0.05, 0.1) is 17.1 Å². The number of benzene rings is 3. The van der Waals surface area contributed by atoms with Gasteiger partial charge in [0.25, 0.3) is 0 Å². The zero-order valence-corrected chi connectivity index (χ0v) is 15.0. The van der Waals surface area contributed by atoms with Gasteiger partial charge in [0, 0.05) is 5.39 Å². The highest BCUT2D eigenvalue weighted by molar-refractivity contribution is 6.71. The summed E-state index contributed by atoms with van der Waals surface area (Å²) in [7, 11) is 0. The number of hydrazone groups is 2. The largest absolute Gasteiger partial charge is 0.505 e. The van der Waals surface area contributed by atoms with Crippen molar-refractivity contribution >= 4 is 39.5 Å². The Labute approximate surface area is 156 Å². The van der Waals surface area contributed by atoms with Crippen LogP contribution in [0.4, 0.5) is 11.4 Å². The van der Waals surface area contributed by atoms with Crippen LogP contribution < -0.4 is 10.4 Å². The lowest BCUT2D eigenvalue weighted by Gasteiger charge is -2.11. The van der Waals surface area contributed by atoms with E-state index in [0.717, 1.165) is 10.9 Å². The number of phenolic OH excluding ortho intramolecular Hbond substituents is 1. The number of anilines is 2. The first kappa shape index (κ1) is 16.8. The third-order valence-corrected chi connectivity index (χ3v) is 4.45. The Morgan fingerprint density at radius 3 is 2.52 bits per heavy atom. The fourth-order valence-electron chi connectivity index (χ4n) is 2.95. The molecule has 0 saturated carbocycles. The molecule has 6 nitrogen and oxygen atoms in total. The number of hydrogen-bond acceptors (Lipinski definition) is 5. The molecule has 0 spiro atoms. The van der Waals surface area contributed by atoms with Gasteiger partial charge in [-0.25, -0.2) is 0 Å². The van der Waals surface area contributed by atoms with Crippen molar-refractivity contribution in [2.24, 2.45) is 10.2 Å². The zero-order valence-electron chi connectivity index (χ0n) is 15.0. The van der Waals surface area contributed by atoms with Crippen LogP contribution in [0.3, 0.4) is 0 Å². The van der Waals surface area contributed by atoms with Crippen LogP contribution in [-0.4, -0.2) is 22.4 Å². The van der Waals surface area contributed by atoms with Crippen LogP contribution in [0.5, 0.6) is 5.75 Å². The molecule has 0 saturated heterocycles. The van der Waals surface area contributed by atoms with Gasteiger partial charge in [0.2, 0.25) is 0 Å². The molecule has 27 heavy (non-hydrogen) atoms. The lowest BCUT2D eigenvalue weighted by Crippen LogP contribution is -2.27. The van der Waals surface area contributed by atoms with Gasteiger partial charge in [-0.2, -0.15) is 15.2 Å². The van der Waals surface area contributed by atoms with Crippen molar-refractivity contribution in [3.05, 3.63) is 66.2 Å². The fraction of sp³-hybridized carbons (Fsp3) is 0.0952. The molecule has 3 aromatic rings. The summed E-state index contributed by atoms with van der Waals surface area (Å²) in [4.78, 5) is 12.7. The second-order valence-corrected chi connectivity index (χ2v) is 6.39. The summed E-state index contributed by atoms with van der Waals surface area (Å²) < 4.78 is 0. The predicted octanol–water partition coefficient (Wildman–Crippen LogP) is 4.04. The van der Waals surface area contributed by atoms with Crippen LogP contribution >= 0.6 is 0 Å². The molecule has 0 radical (unpaired) electrons. The molecule has 2 N–H and O–H groups in total. The summed E-state index contributed by atoms with van der Waals surface area (Å²) in [5, 5.41) is 21.9. The number of carbonyl (C=O) groups is 1. The van der Waals surface area contributed by atoms with E-state index in [0.29, 0.717) is 22.5 Å². The van der Waals surface area contributed by atoms with E-state index < -0.39 is 0 Å². The molecule has 0 atom stereocenters. The lowest BCUT2D eigenvalue weighted by atomic mass is 10.1. The molecule has 4 rings (SSSR count). The maximum atomic E-state index is 12.7. The van der Waals surface area contributed by atoms with E-state index in [9.17, 15) is 9.90 Å². The molecule has 1 aliphatic rings. The van der Waals surface area contributed by atoms with Crippen molar-refractivity contribution < 1.29 is 9.90 Å². The van der Waals surface area contributed by atoms with Crippen LogP contribution in [0.1, 0.15) is 12.5 Å². The third kappa shape index (κ3) is 3.01. The van der Waals surface area contributed by atoms with E-state index in [-0.39, 0.29) is 17.4 Å². The number of carbonyl (C=O) groups excluding carboxylic acids is 1. The number of fused-ring (bicyclic) bond motifs is 1. The average molecular weight is 358 g/mol. The number of aryl methyl sites for hydroxylation is 1. The van der Waals surface area contributed by atoms with Crippen molar-refractivity contribution in [2.45, 2.75) is 13.8 Å². The van der Waals surface area contributed by atoms with E-state index in [2.05, 4.69) is 15.6 Å². The summed E-state index contributed by atoms with van der Waals surface area (Å²) in [5.41, 5.74) is 5.73. The minimum absolute atomic E-state index is 0.0906. The molecule has 6 heteroatoms. The van der Waals surface area contributed by atoms with Crippen molar-refractivity contribution in [3.63, 3.8) is 0 Å². The summed E-state index contributed by atoms with van der Waals surface area (Å²) in [6, 6.07) is 18.7. The Morgan fingerprint density at radius 1 is 1.00 bits per heavy atom. The number of nitrogens with zero attached hydrogens (tertiary/aromatic N) is 3. The van der Waals surface area contributed by atoms with Crippen molar-refractivity contribution in [1.82, 2.24) is 0 Å². The monoisotopic (exact) mass is 358 g/mol. The maximum absolute atomic E-state index is 12.7. The molecule has 0 aliphatic carbocycles. The van der Waals surface area contributed by atoms with Crippen LogP contribution in [0.25, 0.3) is 10.8 Å². The highest BCUT2D eigenvalue weighted by atomic mass is 16.3. The normalized spacial score (nSPS) is 15.5. The molecule has 0 aromatic heterocycles. The minimum atomic E-state index is -0.316. The molecule has 1 heterocycles. The summed E-state index contributed by atoms with van der Waals surface area (Å²) in [6.45, 7) is 3.71. The van der Waals surface area contributed by atoms with Gasteiger partial charge < -0.3 is 5.11 Å². The number of phenols is 1. The fourth-order valence-corrected chi connectivity index (χ4v) is 2.95. The number of amides is 1. The van der Waals surface area contributed by atoms with Crippen molar-refractivity contribution in [3.8, 4) is 5.75 Å². The second kappa shape index (κ2) is 6.57. The van der Waals surface area contributed by atoms with Crippen molar-refractivity contribution in [2.75, 3.05) is 10.4 Å². The summed E-state index contributed by atoms with van der Waals surface area (Å²) >= 11 is 0. The van der Waals surface area contributed by atoms with Crippen LogP contribution in [-0.2, 0) is 4.79 Å². The van der Waals surface area contributed by atoms with Gasteiger partial charge >= 0.3 is 5.91 Å². The van der Waals surface area contributed by atoms with E-state index in [1.54, 1.807) is 13.0 Å². The van der Waals surface area contributed by atoms with E-state index in [4.69, 9.17) is 0 Å². The Bertz CT molecular complexity index is 1100. The van der Waals surface area contributed by atoms with Gasteiger partial charge in [-0.05, 0) is 37.4 Å². The molecule has 3 aromatic carbocycles. The van der Waals surface area contributed by atoms with Gasteiger partial charge in [-0.15, -0.1) is 0 Å².